The SMILES string of the molecule is COC(=O)/C=C1/S/C(=N\N=Cc2ccc(OCCN3CCCC(C)C3)cc2)NC1=O. The Hall–Kier alpha value is -2.65. The molecule has 0 aromatic heterocycles. The minimum atomic E-state index is -0.592. The largest absolute Gasteiger partial charge is 0.492 e. The first-order valence-corrected chi connectivity index (χ1v) is 10.7. The van der Waals surface area contributed by atoms with Crippen LogP contribution >= 0.6 is 11.8 Å². The Morgan fingerprint density at radius 2 is 2.17 bits per heavy atom. The molecule has 0 aliphatic carbocycles. The van der Waals surface area contributed by atoms with Gasteiger partial charge in [0.15, 0.2) is 5.17 Å². The van der Waals surface area contributed by atoms with E-state index in [2.05, 4.69) is 32.1 Å². The molecule has 2 saturated heterocycles. The number of piperidine rings is 1. The van der Waals surface area contributed by atoms with Gasteiger partial charge in [-0.1, -0.05) is 6.92 Å². The number of benzene rings is 1. The molecule has 0 bridgehead atoms. The van der Waals surface area contributed by atoms with Crippen LogP contribution in [-0.4, -0.2) is 61.5 Å². The molecular weight excluding hydrogens is 404 g/mol. The summed E-state index contributed by atoms with van der Waals surface area (Å²) in [7, 11) is 1.25. The van der Waals surface area contributed by atoms with Crippen molar-refractivity contribution in [3.05, 3.63) is 40.8 Å². The van der Waals surface area contributed by atoms with Gasteiger partial charge in [-0.15, -0.1) is 5.10 Å². The van der Waals surface area contributed by atoms with Crippen molar-refractivity contribution in [3.63, 3.8) is 0 Å². The smallest absolute Gasteiger partial charge is 0.331 e. The lowest BCUT2D eigenvalue weighted by Gasteiger charge is -2.30. The fraction of sp³-hybridized carbons (Fsp3) is 0.429. The van der Waals surface area contributed by atoms with E-state index in [1.807, 2.05) is 24.3 Å². The fourth-order valence-electron chi connectivity index (χ4n) is 3.22. The molecule has 2 aliphatic heterocycles. The van der Waals surface area contributed by atoms with Crippen molar-refractivity contribution in [2.24, 2.45) is 16.1 Å². The molecular formula is C21H26N4O4S. The summed E-state index contributed by atoms with van der Waals surface area (Å²) in [6.07, 6.45) is 5.30. The molecule has 3 rings (SSSR count). The molecule has 1 N–H and O–H groups in total. The highest BCUT2D eigenvalue weighted by atomic mass is 32.2. The third-order valence-corrected chi connectivity index (χ3v) is 5.65. The van der Waals surface area contributed by atoms with Crippen LogP contribution in [0.15, 0.2) is 45.4 Å². The van der Waals surface area contributed by atoms with Crippen LogP contribution in [0.5, 0.6) is 5.75 Å². The second-order valence-corrected chi connectivity index (χ2v) is 8.23. The van der Waals surface area contributed by atoms with Gasteiger partial charge in [0.1, 0.15) is 12.4 Å². The average Bonchev–Trinajstić information content (AvgIpc) is 3.08. The number of hydrogen-bond donors (Lipinski definition) is 1. The predicted octanol–water partition coefficient (Wildman–Crippen LogP) is 2.41. The number of hydrogen-bond acceptors (Lipinski definition) is 8. The van der Waals surface area contributed by atoms with E-state index in [1.54, 1.807) is 6.21 Å². The van der Waals surface area contributed by atoms with Gasteiger partial charge in [-0.3, -0.25) is 15.0 Å². The van der Waals surface area contributed by atoms with E-state index >= 15 is 0 Å². The van der Waals surface area contributed by atoms with E-state index in [9.17, 15) is 9.59 Å². The highest BCUT2D eigenvalue weighted by Crippen LogP contribution is 2.23. The molecule has 0 radical (unpaired) electrons. The number of esters is 1. The fourth-order valence-corrected chi connectivity index (χ4v) is 3.96. The van der Waals surface area contributed by atoms with E-state index in [1.165, 1.54) is 20.0 Å². The molecule has 1 aromatic rings. The average molecular weight is 431 g/mol. The molecule has 1 aromatic carbocycles. The van der Waals surface area contributed by atoms with Crippen molar-refractivity contribution in [2.45, 2.75) is 19.8 Å². The van der Waals surface area contributed by atoms with Gasteiger partial charge in [-0.25, -0.2) is 4.79 Å². The number of methoxy groups -OCH3 is 1. The second kappa shape index (κ2) is 10.9. The number of thioether (sulfide) groups is 1. The number of carbonyl (C=O) groups excluding carboxylic acids is 2. The summed E-state index contributed by atoms with van der Waals surface area (Å²) in [5.74, 6) is 0.595. The molecule has 0 spiro atoms. The Kier molecular flexibility index (Phi) is 8.04. The van der Waals surface area contributed by atoms with E-state index in [0.717, 1.165) is 54.7 Å². The zero-order valence-corrected chi connectivity index (χ0v) is 18.0. The maximum atomic E-state index is 11.8. The van der Waals surface area contributed by atoms with Gasteiger partial charge in [0.05, 0.1) is 18.2 Å². The van der Waals surface area contributed by atoms with Crippen molar-refractivity contribution in [1.29, 1.82) is 0 Å². The van der Waals surface area contributed by atoms with Gasteiger partial charge in [0.25, 0.3) is 5.91 Å². The number of amides is 1. The van der Waals surface area contributed by atoms with E-state index < -0.39 is 11.9 Å². The highest BCUT2D eigenvalue weighted by Gasteiger charge is 2.25. The Morgan fingerprint density at radius 1 is 1.37 bits per heavy atom. The van der Waals surface area contributed by atoms with Gasteiger partial charge in [-0.2, -0.15) is 5.10 Å². The third-order valence-electron chi connectivity index (χ3n) is 4.75. The number of carbonyl (C=O) groups is 2. The molecule has 2 heterocycles. The Morgan fingerprint density at radius 3 is 2.90 bits per heavy atom. The van der Waals surface area contributed by atoms with Gasteiger partial charge in [0, 0.05) is 19.2 Å². The molecule has 9 heteroatoms. The zero-order chi connectivity index (χ0) is 21.3. The number of nitrogens with one attached hydrogen (secondary N) is 1. The van der Waals surface area contributed by atoms with Gasteiger partial charge >= 0.3 is 5.97 Å². The van der Waals surface area contributed by atoms with Crippen LogP contribution in [0.4, 0.5) is 0 Å². The van der Waals surface area contributed by atoms with E-state index in [-0.39, 0.29) is 4.91 Å². The van der Waals surface area contributed by atoms with Crippen LogP contribution in [-0.2, 0) is 14.3 Å². The standard InChI is InChI=1S/C21H26N4O4S/c1-15-4-3-9-25(14-15)10-11-29-17-7-5-16(6-8-17)13-22-24-21-23-20(27)18(30-21)12-19(26)28-2/h5-8,12-13,15H,3-4,9-11,14H2,1-2H3,(H,23,24,27)/b18-12+,22-13?. The molecule has 1 amide bonds. The number of ether oxygens (including phenoxy) is 2. The summed E-state index contributed by atoms with van der Waals surface area (Å²) in [5, 5.41) is 10.8. The lowest BCUT2D eigenvalue weighted by Crippen LogP contribution is -2.37. The Labute approximate surface area is 180 Å². The van der Waals surface area contributed by atoms with Crippen LogP contribution < -0.4 is 10.1 Å². The topological polar surface area (TPSA) is 92.6 Å². The molecule has 2 aliphatic rings. The first-order chi connectivity index (χ1) is 14.5. The van der Waals surface area contributed by atoms with Crippen LogP contribution in [0.2, 0.25) is 0 Å². The third kappa shape index (κ3) is 6.70. The van der Waals surface area contributed by atoms with Gasteiger partial charge < -0.3 is 9.47 Å². The first kappa shape index (κ1) is 22.0. The molecule has 8 nitrogen and oxygen atoms in total. The lowest BCUT2D eigenvalue weighted by atomic mass is 10.0. The summed E-state index contributed by atoms with van der Waals surface area (Å²) >= 11 is 1.03. The number of nitrogens with zero attached hydrogens (tertiary/aromatic N) is 3. The number of rotatable bonds is 7. The second-order valence-electron chi connectivity index (χ2n) is 7.20. The lowest BCUT2D eigenvalue weighted by molar-refractivity contribution is -0.135. The van der Waals surface area contributed by atoms with E-state index in [4.69, 9.17) is 4.74 Å². The van der Waals surface area contributed by atoms with Crippen molar-refractivity contribution in [2.75, 3.05) is 33.4 Å². The van der Waals surface area contributed by atoms with Crippen LogP contribution in [0.25, 0.3) is 0 Å². The summed E-state index contributed by atoms with van der Waals surface area (Å²) in [6, 6.07) is 7.59. The molecule has 1 unspecified atom stereocenters. The van der Waals surface area contributed by atoms with Crippen molar-refractivity contribution >= 4 is 35.0 Å². The molecule has 1 atom stereocenters. The summed E-state index contributed by atoms with van der Waals surface area (Å²) in [6.45, 7) is 6.23. The Bertz CT molecular complexity index is 851. The maximum absolute atomic E-state index is 11.8. The summed E-state index contributed by atoms with van der Waals surface area (Å²) < 4.78 is 10.4. The quantitative estimate of drug-likeness (QED) is 0.309. The molecule has 0 saturated carbocycles. The van der Waals surface area contributed by atoms with Gasteiger partial charge in [-0.05, 0) is 66.9 Å². The summed E-state index contributed by atoms with van der Waals surface area (Å²) in [4.78, 5) is 25.7. The van der Waals surface area contributed by atoms with Crippen LogP contribution in [0.1, 0.15) is 25.3 Å². The Balaban J connectivity index is 1.45. The van der Waals surface area contributed by atoms with Crippen molar-refractivity contribution in [3.8, 4) is 5.75 Å². The molecule has 30 heavy (non-hydrogen) atoms. The predicted molar refractivity (Wildman–Crippen MR) is 118 cm³/mol. The van der Waals surface area contributed by atoms with Gasteiger partial charge in [0.2, 0.25) is 0 Å². The van der Waals surface area contributed by atoms with Crippen molar-refractivity contribution in [1.82, 2.24) is 10.2 Å². The maximum Gasteiger partial charge on any atom is 0.331 e. The zero-order valence-electron chi connectivity index (χ0n) is 17.2. The number of likely N-dealkylation sites (tertiary alicyclic amines) is 1. The normalized spacial score (nSPS) is 22.6. The van der Waals surface area contributed by atoms with Crippen LogP contribution in [0.3, 0.4) is 0 Å². The molecule has 2 fully saturated rings. The first-order valence-electron chi connectivity index (χ1n) is 9.88. The molecule has 160 valence electrons. The minimum Gasteiger partial charge on any atom is -0.492 e. The highest BCUT2D eigenvalue weighted by molar-refractivity contribution is 8.18. The minimum absolute atomic E-state index is 0.219. The monoisotopic (exact) mass is 430 g/mol. The number of amidine groups is 1. The van der Waals surface area contributed by atoms with E-state index in [0.29, 0.717) is 11.8 Å². The van der Waals surface area contributed by atoms with Crippen LogP contribution in [0, 0.1) is 5.92 Å². The summed E-state index contributed by atoms with van der Waals surface area (Å²) in [5.41, 5.74) is 0.858. The van der Waals surface area contributed by atoms with Crippen molar-refractivity contribution < 1.29 is 19.1 Å².